The maximum Gasteiger partial charge on any atom is 0.254 e. The third-order valence-electron chi connectivity index (χ3n) is 5.84. The number of carbonyl (C=O) groups excluding carboxylic acids is 1. The topological polar surface area (TPSA) is 102 Å². The molecule has 0 atom stereocenters. The fourth-order valence-electron chi connectivity index (χ4n) is 3.92. The smallest absolute Gasteiger partial charge is 0.254 e. The van der Waals surface area contributed by atoms with Crippen molar-refractivity contribution in [2.75, 3.05) is 29.9 Å². The molecule has 2 heterocycles. The average molecular weight is 426 g/mol. The molecule has 1 saturated heterocycles. The molecule has 1 aliphatic rings. The van der Waals surface area contributed by atoms with Crippen molar-refractivity contribution >= 4 is 23.1 Å². The van der Waals surface area contributed by atoms with Crippen LogP contribution < -0.4 is 21.7 Å². The lowest BCUT2D eigenvalue weighted by molar-refractivity contribution is 0.100. The third-order valence-corrected chi connectivity index (χ3v) is 5.84. The van der Waals surface area contributed by atoms with Gasteiger partial charge in [0.1, 0.15) is 17.2 Å². The zero-order valence-corrected chi connectivity index (χ0v) is 16.9. The highest BCUT2D eigenvalue weighted by molar-refractivity contribution is 5.98. The molecule has 1 aromatic heterocycles. The first-order chi connectivity index (χ1) is 14.9. The molecule has 3 aromatic rings. The van der Waals surface area contributed by atoms with Gasteiger partial charge in [0.2, 0.25) is 0 Å². The molecule has 0 aliphatic carbocycles. The van der Waals surface area contributed by atoms with Gasteiger partial charge < -0.3 is 21.7 Å². The number of rotatable bonds is 6. The Bertz CT molecular complexity index is 1060. The molecule has 1 fully saturated rings. The number of primary amides is 1. The van der Waals surface area contributed by atoms with Gasteiger partial charge in [0, 0.05) is 37.2 Å². The van der Waals surface area contributed by atoms with Gasteiger partial charge in [0.05, 0.1) is 5.54 Å². The molecule has 1 aliphatic heterocycles. The van der Waals surface area contributed by atoms with Gasteiger partial charge in [0.25, 0.3) is 5.91 Å². The summed E-state index contributed by atoms with van der Waals surface area (Å²) in [5.74, 6) is -0.949. The normalized spacial score (nSPS) is 15.6. The Morgan fingerprint density at radius 1 is 1.03 bits per heavy atom. The number of nitrogens with zero attached hydrogens (tertiary/aromatic N) is 3. The van der Waals surface area contributed by atoms with Crippen molar-refractivity contribution in [1.82, 2.24) is 9.78 Å². The van der Waals surface area contributed by atoms with Gasteiger partial charge in [-0.1, -0.05) is 0 Å². The Balaban J connectivity index is 1.57. The molecule has 4 rings (SSSR count). The van der Waals surface area contributed by atoms with E-state index >= 15 is 0 Å². The van der Waals surface area contributed by atoms with Crippen LogP contribution in [0, 0.1) is 11.6 Å². The van der Waals surface area contributed by atoms with Gasteiger partial charge in [0.15, 0.2) is 5.82 Å². The Kier molecular flexibility index (Phi) is 5.60. The molecular formula is C22H24F2N6O. The van der Waals surface area contributed by atoms with Crippen LogP contribution in [0.2, 0.25) is 0 Å². The molecule has 0 bridgehead atoms. The maximum atomic E-state index is 13.2. The second kappa shape index (κ2) is 8.35. The van der Waals surface area contributed by atoms with Crippen molar-refractivity contribution in [2.24, 2.45) is 11.5 Å². The van der Waals surface area contributed by atoms with E-state index in [1.165, 1.54) is 24.3 Å². The van der Waals surface area contributed by atoms with Gasteiger partial charge >= 0.3 is 0 Å². The van der Waals surface area contributed by atoms with Gasteiger partial charge in [-0.25, -0.2) is 8.78 Å². The molecule has 7 nitrogen and oxygen atoms in total. The summed E-state index contributed by atoms with van der Waals surface area (Å²) in [5.41, 5.74) is 13.0. The Morgan fingerprint density at radius 3 is 2.16 bits per heavy atom. The lowest BCUT2D eigenvalue weighted by atomic mass is 9.87. The number of amides is 1. The highest BCUT2D eigenvalue weighted by Gasteiger charge is 2.37. The van der Waals surface area contributed by atoms with Crippen LogP contribution in [0.3, 0.4) is 0 Å². The molecule has 0 unspecified atom stereocenters. The molecular weight excluding hydrogens is 402 g/mol. The van der Waals surface area contributed by atoms with Crippen LogP contribution in [0.4, 0.5) is 26.0 Å². The second-order valence-corrected chi connectivity index (χ2v) is 7.72. The molecule has 5 N–H and O–H groups in total. The van der Waals surface area contributed by atoms with E-state index < -0.39 is 11.4 Å². The number of nitrogens with two attached hydrogens (primary N) is 2. The lowest BCUT2D eigenvalue weighted by Gasteiger charge is -2.42. The number of carbonyl (C=O) groups is 1. The van der Waals surface area contributed by atoms with Crippen molar-refractivity contribution in [3.8, 4) is 0 Å². The minimum atomic E-state index is -0.619. The first kappa shape index (κ1) is 20.8. The number of hydrogen-bond donors (Lipinski definition) is 3. The standard InChI is InChI=1S/C22H24F2N6O/c23-15-1-5-17(6-2-15)27-21-19(20(26)31)13-30(28-21)22(14-25)9-11-29(12-10-22)18-7-3-16(24)4-8-18/h1-8,13H,9-12,14,25H2,(H2,26,31)(H,27,28). The summed E-state index contributed by atoms with van der Waals surface area (Å²) >= 11 is 0. The molecule has 1 amide bonds. The molecule has 0 spiro atoms. The number of benzene rings is 2. The Labute approximate surface area is 178 Å². The van der Waals surface area contributed by atoms with E-state index in [1.54, 1.807) is 35.1 Å². The summed E-state index contributed by atoms with van der Waals surface area (Å²) in [7, 11) is 0. The van der Waals surface area contributed by atoms with E-state index in [1.807, 2.05) is 0 Å². The molecule has 31 heavy (non-hydrogen) atoms. The predicted octanol–water partition coefficient (Wildman–Crippen LogP) is 2.96. The quantitative estimate of drug-likeness (QED) is 0.563. The third kappa shape index (κ3) is 4.22. The Hall–Kier alpha value is -3.46. The van der Waals surface area contributed by atoms with Crippen LogP contribution in [0.15, 0.2) is 54.7 Å². The van der Waals surface area contributed by atoms with Gasteiger partial charge in [-0.3, -0.25) is 9.48 Å². The Morgan fingerprint density at radius 2 is 1.61 bits per heavy atom. The summed E-state index contributed by atoms with van der Waals surface area (Å²) in [6, 6.07) is 12.1. The number of nitrogens with one attached hydrogen (secondary N) is 1. The molecule has 162 valence electrons. The molecule has 0 radical (unpaired) electrons. The van der Waals surface area contributed by atoms with E-state index in [0.717, 1.165) is 5.69 Å². The van der Waals surface area contributed by atoms with Crippen molar-refractivity contribution in [3.63, 3.8) is 0 Å². The van der Waals surface area contributed by atoms with Crippen molar-refractivity contribution in [3.05, 3.63) is 71.9 Å². The van der Waals surface area contributed by atoms with Crippen LogP contribution in [0.25, 0.3) is 0 Å². The van der Waals surface area contributed by atoms with E-state index in [9.17, 15) is 13.6 Å². The summed E-state index contributed by atoms with van der Waals surface area (Å²) in [4.78, 5) is 14.2. The zero-order valence-electron chi connectivity index (χ0n) is 16.9. The minimum absolute atomic E-state index is 0.234. The largest absolute Gasteiger partial charge is 0.371 e. The second-order valence-electron chi connectivity index (χ2n) is 7.72. The van der Waals surface area contributed by atoms with Crippen LogP contribution in [-0.2, 0) is 5.54 Å². The van der Waals surface area contributed by atoms with Crippen LogP contribution in [-0.4, -0.2) is 35.3 Å². The molecule has 9 heteroatoms. The van der Waals surface area contributed by atoms with Gasteiger partial charge in [-0.15, -0.1) is 0 Å². The van der Waals surface area contributed by atoms with E-state index in [4.69, 9.17) is 11.5 Å². The lowest BCUT2D eigenvalue weighted by Crippen LogP contribution is -2.50. The van der Waals surface area contributed by atoms with Crippen molar-refractivity contribution in [1.29, 1.82) is 0 Å². The number of anilines is 3. The van der Waals surface area contributed by atoms with E-state index in [0.29, 0.717) is 44.0 Å². The van der Waals surface area contributed by atoms with E-state index in [2.05, 4.69) is 15.3 Å². The highest BCUT2D eigenvalue weighted by Crippen LogP contribution is 2.33. The van der Waals surface area contributed by atoms with Gasteiger partial charge in [-0.2, -0.15) is 5.10 Å². The van der Waals surface area contributed by atoms with E-state index in [-0.39, 0.29) is 17.2 Å². The van der Waals surface area contributed by atoms with Crippen molar-refractivity contribution in [2.45, 2.75) is 18.4 Å². The SMILES string of the molecule is NCC1(n2cc(C(N)=O)c(Nc3ccc(F)cc3)n2)CCN(c2ccc(F)cc2)CC1. The fourth-order valence-corrected chi connectivity index (χ4v) is 3.92. The zero-order chi connectivity index (χ0) is 22.0. The number of halogens is 2. The summed E-state index contributed by atoms with van der Waals surface area (Å²) in [5, 5.41) is 7.62. The number of aromatic nitrogens is 2. The molecule has 2 aromatic carbocycles. The van der Waals surface area contributed by atoms with Crippen LogP contribution in [0.1, 0.15) is 23.2 Å². The number of piperidine rings is 1. The average Bonchev–Trinajstić information content (AvgIpc) is 3.21. The minimum Gasteiger partial charge on any atom is -0.371 e. The predicted molar refractivity (Wildman–Crippen MR) is 115 cm³/mol. The monoisotopic (exact) mass is 426 g/mol. The van der Waals surface area contributed by atoms with Crippen LogP contribution in [0.5, 0.6) is 0 Å². The number of hydrogen-bond acceptors (Lipinski definition) is 5. The summed E-state index contributed by atoms with van der Waals surface area (Å²) in [6.45, 7) is 1.74. The van der Waals surface area contributed by atoms with Crippen molar-refractivity contribution < 1.29 is 13.6 Å². The fraction of sp³-hybridized carbons (Fsp3) is 0.273. The van der Waals surface area contributed by atoms with Crippen LogP contribution >= 0.6 is 0 Å². The molecule has 0 saturated carbocycles. The first-order valence-corrected chi connectivity index (χ1v) is 10.0. The summed E-state index contributed by atoms with van der Waals surface area (Å²) < 4.78 is 28.1. The summed E-state index contributed by atoms with van der Waals surface area (Å²) in [6.07, 6.45) is 3.00. The maximum absolute atomic E-state index is 13.2. The highest BCUT2D eigenvalue weighted by atomic mass is 19.1. The van der Waals surface area contributed by atoms with Gasteiger partial charge in [-0.05, 0) is 61.4 Å². The first-order valence-electron chi connectivity index (χ1n) is 10.0.